The Hall–Kier alpha value is -4.78. The molecule has 7 heteroatoms. The zero-order valence-electron chi connectivity index (χ0n) is 17.3. The first kappa shape index (κ1) is 20.1. The van der Waals surface area contributed by atoms with Crippen LogP contribution in [0.1, 0.15) is 11.3 Å². The number of non-ortho nitro benzene ring substituents is 1. The Morgan fingerprint density at radius 3 is 1.97 bits per heavy atom. The van der Waals surface area contributed by atoms with Crippen molar-refractivity contribution in [3.63, 3.8) is 0 Å². The maximum Gasteiger partial charge on any atom is 0.269 e. The molecule has 0 saturated heterocycles. The van der Waals surface area contributed by atoms with Crippen molar-refractivity contribution in [2.75, 3.05) is 0 Å². The van der Waals surface area contributed by atoms with Gasteiger partial charge in [0.05, 0.1) is 4.92 Å². The number of nitrogens with zero attached hydrogens (tertiary/aromatic N) is 3. The number of nitro groups is 1. The van der Waals surface area contributed by atoms with E-state index in [1.807, 2.05) is 78.9 Å². The predicted octanol–water partition coefficient (Wildman–Crippen LogP) is 6.74. The van der Waals surface area contributed by atoms with Crippen LogP contribution in [-0.4, -0.2) is 15.1 Å². The van der Waals surface area contributed by atoms with Crippen molar-refractivity contribution in [3.05, 3.63) is 112 Å². The second kappa shape index (κ2) is 8.76. The summed E-state index contributed by atoms with van der Waals surface area (Å²) in [7, 11) is 0. The molecule has 0 unspecified atom stereocenters. The standard InChI is InChI=1S/C26H17N3O4/c30-29(31)22-13-11-19(12-14-22)24-17-16-23(32-24)15-8-18-6-9-21(10-7-18)26-28-27-25(33-26)20-4-2-1-3-5-20/h1-17H. The molecular weight excluding hydrogens is 418 g/mol. The van der Waals surface area contributed by atoms with Gasteiger partial charge in [0, 0.05) is 28.8 Å². The molecular formula is C26H17N3O4. The Morgan fingerprint density at radius 1 is 0.667 bits per heavy atom. The van der Waals surface area contributed by atoms with Crippen molar-refractivity contribution in [2.24, 2.45) is 0 Å². The highest BCUT2D eigenvalue weighted by Gasteiger charge is 2.10. The summed E-state index contributed by atoms with van der Waals surface area (Å²) in [6, 6.07) is 27.3. The fourth-order valence-electron chi connectivity index (χ4n) is 3.30. The van der Waals surface area contributed by atoms with Crippen molar-refractivity contribution >= 4 is 17.8 Å². The second-order valence-electron chi connectivity index (χ2n) is 7.24. The summed E-state index contributed by atoms with van der Waals surface area (Å²) in [4.78, 5) is 10.4. The maximum atomic E-state index is 10.8. The molecule has 0 aliphatic rings. The summed E-state index contributed by atoms with van der Waals surface area (Å²) >= 11 is 0. The molecule has 0 bridgehead atoms. The van der Waals surface area contributed by atoms with Gasteiger partial charge in [0.1, 0.15) is 11.5 Å². The molecule has 0 amide bonds. The molecule has 0 spiro atoms. The van der Waals surface area contributed by atoms with Crippen LogP contribution in [0.2, 0.25) is 0 Å². The molecule has 0 aliphatic heterocycles. The zero-order chi connectivity index (χ0) is 22.6. The minimum absolute atomic E-state index is 0.0469. The number of rotatable bonds is 6. The van der Waals surface area contributed by atoms with Crippen LogP contribution < -0.4 is 0 Å². The van der Waals surface area contributed by atoms with E-state index in [9.17, 15) is 10.1 Å². The first-order chi connectivity index (χ1) is 16.2. The molecule has 2 heterocycles. The van der Waals surface area contributed by atoms with Crippen LogP contribution in [-0.2, 0) is 0 Å². The second-order valence-corrected chi connectivity index (χ2v) is 7.24. The maximum absolute atomic E-state index is 10.8. The molecule has 7 nitrogen and oxygen atoms in total. The van der Waals surface area contributed by atoms with E-state index < -0.39 is 4.92 Å². The van der Waals surface area contributed by atoms with Crippen molar-refractivity contribution in [3.8, 4) is 34.2 Å². The third-order valence-electron chi connectivity index (χ3n) is 5.03. The van der Waals surface area contributed by atoms with Crippen LogP contribution in [0.25, 0.3) is 46.4 Å². The monoisotopic (exact) mass is 435 g/mol. The summed E-state index contributed by atoms with van der Waals surface area (Å²) in [6.45, 7) is 0. The Labute approximate surface area is 188 Å². The molecule has 3 aromatic carbocycles. The van der Waals surface area contributed by atoms with Crippen LogP contribution in [0.15, 0.2) is 99.8 Å². The first-order valence-corrected chi connectivity index (χ1v) is 10.2. The number of hydrogen-bond acceptors (Lipinski definition) is 6. The molecule has 2 aromatic heterocycles. The molecule has 0 fully saturated rings. The van der Waals surface area contributed by atoms with E-state index in [2.05, 4.69) is 10.2 Å². The summed E-state index contributed by atoms with van der Waals surface area (Å²) < 4.78 is 11.6. The lowest BCUT2D eigenvalue weighted by atomic mass is 10.1. The molecule has 0 radical (unpaired) electrons. The summed E-state index contributed by atoms with van der Waals surface area (Å²) in [5.74, 6) is 2.27. The average Bonchev–Trinajstić information content (AvgIpc) is 3.54. The Bertz CT molecular complexity index is 1420. The molecule has 0 atom stereocenters. The molecule has 5 aromatic rings. The highest BCUT2D eigenvalue weighted by Crippen LogP contribution is 2.26. The van der Waals surface area contributed by atoms with Gasteiger partial charge < -0.3 is 8.83 Å². The third-order valence-corrected chi connectivity index (χ3v) is 5.03. The number of benzene rings is 3. The van der Waals surface area contributed by atoms with Crippen molar-refractivity contribution in [1.82, 2.24) is 10.2 Å². The molecule has 160 valence electrons. The minimum Gasteiger partial charge on any atom is -0.457 e. The van der Waals surface area contributed by atoms with E-state index in [4.69, 9.17) is 8.83 Å². The lowest BCUT2D eigenvalue weighted by molar-refractivity contribution is -0.384. The minimum atomic E-state index is -0.425. The van der Waals surface area contributed by atoms with Gasteiger partial charge in [-0.05, 0) is 60.2 Å². The quantitative estimate of drug-likeness (QED) is 0.216. The Kier molecular flexibility index (Phi) is 5.35. The molecule has 0 N–H and O–H groups in total. The Balaban J connectivity index is 1.28. The molecule has 0 saturated carbocycles. The third kappa shape index (κ3) is 4.47. The van der Waals surface area contributed by atoms with E-state index in [0.29, 0.717) is 23.3 Å². The van der Waals surface area contributed by atoms with Gasteiger partial charge in [0.25, 0.3) is 5.69 Å². The van der Waals surface area contributed by atoms with Gasteiger partial charge in [-0.3, -0.25) is 10.1 Å². The van der Waals surface area contributed by atoms with Gasteiger partial charge in [-0.2, -0.15) is 0 Å². The van der Waals surface area contributed by atoms with Crippen molar-refractivity contribution < 1.29 is 13.8 Å². The number of hydrogen-bond donors (Lipinski definition) is 0. The molecule has 0 aliphatic carbocycles. The zero-order valence-corrected chi connectivity index (χ0v) is 17.3. The van der Waals surface area contributed by atoms with Crippen LogP contribution in [0.4, 0.5) is 5.69 Å². The van der Waals surface area contributed by atoms with E-state index in [1.54, 1.807) is 12.1 Å². The lowest BCUT2D eigenvalue weighted by Crippen LogP contribution is -1.86. The highest BCUT2D eigenvalue weighted by molar-refractivity contribution is 5.70. The van der Waals surface area contributed by atoms with Gasteiger partial charge in [0.2, 0.25) is 11.8 Å². The summed E-state index contributed by atoms with van der Waals surface area (Å²) in [6.07, 6.45) is 3.80. The first-order valence-electron chi connectivity index (χ1n) is 10.2. The average molecular weight is 435 g/mol. The predicted molar refractivity (Wildman–Crippen MR) is 125 cm³/mol. The van der Waals surface area contributed by atoms with Crippen molar-refractivity contribution in [2.45, 2.75) is 0 Å². The van der Waals surface area contributed by atoms with E-state index in [1.165, 1.54) is 12.1 Å². The van der Waals surface area contributed by atoms with E-state index in [0.717, 1.165) is 22.3 Å². The van der Waals surface area contributed by atoms with E-state index in [-0.39, 0.29) is 5.69 Å². The highest BCUT2D eigenvalue weighted by atomic mass is 16.6. The van der Waals surface area contributed by atoms with Gasteiger partial charge in [0.15, 0.2) is 0 Å². The van der Waals surface area contributed by atoms with E-state index >= 15 is 0 Å². The van der Waals surface area contributed by atoms with Crippen LogP contribution in [0, 0.1) is 10.1 Å². The topological polar surface area (TPSA) is 95.2 Å². The van der Waals surface area contributed by atoms with Gasteiger partial charge in [-0.1, -0.05) is 36.4 Å². The van der Waals surface area contributed by atoms with Crippen LogP contribution in [0.5, 0.6) is 0 Å². The van der Waals surface area contributed by atoms with Crippen LogP contribution >= 0.6 is 0 Å². The SMILES string of the molecule is O=[N+]([O-])c1ccc(-c2ccc(C=Cc3ccc(-c4nnc(-c5ccccc5)o4)cc3)o2)cc1. The van der Waals surface area contributed by atoms with Crippen LogP contribution in [0.3, 0.4) is 0 Å². The number of nitro benzene ring substituents is 1. The number of aromatic nitrogens is 2. The fraction of sp³-hybridized carbons (Fsp3) is 0. The largest absolute Gasteiger partial charge is 0.457 e. The van der Waals surface area contributed by atoms with Crippen molar-refractivity contribution in [1.29, 1.82) is 0 Å². The summed E-state index contributed by atoms with van der Waals surface area (Å²) in [5, 5.41) is 19.1. The lowest BCUT2D eigenvalue weighted by Gasteiger charge is -1.98. The van der Waals surface area contributed by atoms with Gasteiger partial charge in [-0.15, -0.1) is 10.2 Å². The normalized spacial score (nSPS) is 11.2. The molecule has 5 rings (SSSR count). The number of furan rings is 1. The Morgan fingerprint density at radius 2 is 1.30 bits per heavy atom. The molecule has 33 heavy (non-hydrogen) atoms. The fourth-order valence-corrected chi connectivity index (χ4v) is 3.30. The smallest absolute Gasteiger partial charge is 0.269 e. The summed E-state index contributed by atoms with van der Waals surface area (Å²) in [5.41, 5.74) is 3.52. The van der Waals surface area contributed by atoms with Gasteiger partial charge >= 0.3 is 0 Å². The van der Waals surface area contributed by atoms with Gasteiger partial charge in [-0.25, -0.2) is 0 Å².